The monoisotopic (exact) mass is 316 g/mol. The first-order valence-electron chi connectivity index (χ1n) is 7.74. The summed E-state index contributed by atoms with van der Waals surface area (Å²) in [7, 11) is 0. The Morgan fingerprint density at radius 3 is 2.65 bits per heavy atom. The van der Waals surface area contributed by atoms with Gasteiger partial charge < -0.3 is 19.7 Å². The fourth-order valence-electron chi connectivity index (χ4n) is 3.02. The molecule has 1 unspecified atom stereocenters. The van der Waals surface area contributed by atoms with Crippen molar-refractivity contribution in [3.05, 3.63) is 53.9 Å². The average Bonchev–Trinajstić information content (AvgIpc) is 3.16. The molecule has 1 fully saturated rings. The van der Waals surface area contributed by atoms with Crippen LogP contribution < -0.4 is 5.32 Å². The third kappa shape index (κ3) is 3.43. The van der Waals surface area contributed by atoms with E-state index in [-0.39, 0.29) is 24.1 Å². The summed E-state index contributed by atoms with van der Waals surface area (Å²) in [5, 5.41) is 17.6. The van der Waals surface area contributed by atoms with Crippen LogP contribution in [0.2, 0.25) is 0 Å². The van der Waals surface area contributed by atoms with Crippen molar-refractivity contribution in [2.24, 2.45) is 5.92 Å². The first-order chi connectivity index (χ1) is 11.2. The van der Waals surface area contributed by atoms with E-state index in [1.165, 1.54) is 12.3 Å². The van der Waals surface area contributed by atoms with Crippen molar-refractivity contribution in [2.75, 3.05) is 19.8 Å². The maximum absolute atomic E-state index is 12.1. The molecule has 0 saturated carbocycles. The summed E-state index contributed by atoms with van der Waals surface area (Å²) in [5.74, 6) is -0.231. The quantitative estimate of drug-likeness (QED) is 0.877. The molecule has 122 valence electrons. The zero-order chi connectivity index (χ0) is 16.1. The van der Waals surface area contributed by atoms with Gasteiger partial charge in [-0.1, -0.05) is 35.5 Å². The highest BCUT2D eigenvalue weighted by atomic mass is 16.5. The second kappa shape index (κ2) is 6.93. The Morgan fingerprint density at radius 2 is 2.00 bits per heavy atom. The lowest BCUT2D eigenvalue weighted by Gasteiger charge is -2.39. The van der Waals surface area contributed by atoms with Gasteiger partial charge >= 0.3 is 0 Å². The van der Waals surface area contributed by atoms with Crippen LogP contribution >= 0.6 is 0 Å². The van der Waals surface area contributed by atoms with Crippen LogP contribution in [0.5, 0.6) is 0 Å². The van der Waals surface area contributed by atoms with Crippen molar-refractivity contribution < 1.29 is 19.2 Å². The summed E-state index contributed by atoms with van der Waals surface area (Å²) in [6.07, 6.45) is 2.92. The van der Waals surface area contributed by atoms with Crippen molar-refractivity contribution in [1.82, 2.24) is 10.5 Å². The number of nitrogens with one attached hydrogen (secondary N) is 1. The van der Waals surface area contributed by atoms with E-state index in [0.29, 0.717) is 13.2 Å². The Balaban J connectivity index is 1.79. The van der Waals surface area contributed by atoms with Crippen molar-refractivity contribution in [2.45, 2.75) is 18.4 Å². The number of rotatable bonds is 5. The van der Waals surface area contributed by atoms with Gasteiger partial charge in [-0.05, 0) is 24.3 Å². The maximum atomic E-state index is 12.1. The van der Waals surface area contributed by atoms with Gasteiger partial charge in [0.05, 0.1) is 12.7 Å². The number of carbonyl (C=O) groups excluding carboxylic acids is 1. The van der Waals surface area contributed by atoms with E-state index in [2.05, 4.69) is 10.5 Å². The van der Waals surface area contributed by atoms with E-state index in [9.17, 15) is 9.90 Å². The molecule has 2 aromatic rings. The van der Waals surface area contributed by atoms with E-state index in [0.717, 1.165) is 18.4 Å². The maximum Gasteiger partial charge on any atom is 0.290 e. The van der Waals surface area contributed by atoms with Gasteiger partial charge in [0, 0.05) is 19.3 Å². The molecule has 0 aliphatic carbocycles. The lowest BCUT2D eigenvalue weighted by Crippen LogP contribution is -2.47. The van der Waals surface area contributed by atoms with Crippen molar-refractivity contribution in [1.29, 1.82) is 0 Å². The number of aromatic nitrogens is 1. The molecular weight excluding hydrogens is 296 g/mol. The summed E-state index contributed by atoms with van der Waals surface area (Å²) < 4.78 is 10.2. The molecule has 2 heterocycles. The van der Waals surface area contributed by atoms with Crippen molar-refractivity contribution >= 4 is 5.91 Å². The van der Waals surface area contributed by atoms with Gasteiger partial charge in [-0.25, -0.2) is 0 Å². The van der Waals surface area contributed by atoms with Gasteiger partial charge in [0.2, 0.25) is 5.76 Å². The number of benzene rings is 1. The van der Waals surface area contributed by atoms with E-state index in [4.69, 9.17) is 9.26 Å². The first-order valence-corrected chi connectivity index (χ1v) is 7.74. The Bertz CT molecular complexity index is 623. The zero-order valence-corrected chi connectivity index (χ0v) is 12.8. The van der Waals surface area contributed by atoms with E-state index >= 15 is 0 Å². The normalized spacial score (nSPS) is 18.3. The van der Waals surface area contributed by atoms with Crippen LogP contribution in [-0.4, -0.2) is 35.9 Å². The highest BCUT2D eigenvalue weighted by Crippen LogP contribution is 2.35. The summed E-state index contributed by atoms with van der Waals surface area (Å²) in [6, 6.07) is 10.9. The topological polar surface area (TPSA) is 84.6 Å². The molecule has 23 heavy (non-hydrogen) atoms. The third-order valence-electron chi connectivity index (χ3n) is 4.35. The fourth-order valence-corrected chi connectivity index (χ4v) is 3.02. The SMILES string of the molecule is O=C(NCC(O)(c1ccccc1)C1CCOCC1)c1ccno1. The molecule has 6 heteroatoms. The van der Waals surface area contributed by atoms with Crippen LogP contribution in [0.15, 0.2) is 47.1 Å². The predicted molar refractivity (Wildman–Crippen MR) is 82.7 cm³/mol. The number of amides is 1. The van der Waals surface area contributed by atoms with Gasteiger partial charge in [-0.2, -0.15) is 0 Å². The summed E-state index contributed by atoms with van der Waals surface area (Å²) in [5.41, 5.74) is -0.342. The number of aliphatic hydroxyl groups is 1. The summed E-state index contributed by atoms with van der Waals surface area (Å²) in [6.45, 7) is 1.35. The number of carbonyl (C=O) groups is 1. The van der Waals surface area contributed by atoms with E-state index in [1.54, 1.807) is 0 Å². The van der Waals surface area contributed by atoms with Gasteiger partial charge in [-0.3, -0.25) is 4.79 Å². The molecule has 1 atom stereocenters. The van der Waals surface area contributed by atoms with Gasteiger partial charge in [0.15, 0.2) is 0 Å². The Kier molecular flexibility index (Phi) is 4.73. The average molecular weight is 316 g/mol. The second-order valence-electron chi connectivity index (χ2n) is 5.74. The van der Waals surface area contributed by atoms with Crippen LogP contribution in [0.1, 0.15) is 29.0 Å². The Morgan fingerprint density at radius 1 is 1.26 bits per heavy atom. The molecule has 1 aromatic heterocycles. The minimum atomic E-state index is -1.14. The highest BCUT2D eigenvalue weighted by molar-refractivity contribution is 5.91. The predicted octanol–water partition coefficient (Wildman–Crippen LogP) is 1.72. The zero-order valence-electron chi connectivity index (χ0n) is 12.8. The lowest BCUT2D eigenvalue weighted by molar-refractivity contribution is -0.0681. The molecular formula is C17H20N2O4. The second-order valence-corrected chi connectivity index (χ2v) is 5.74. The summed E-state index contributed by atoms with van der Waals surface area (Å²) in [4.78, 5) is 12.1. The number of hydrogen-bond donors (Lipinski definition) is 2. The van der Waals surface area contributed by atoms with Gasteiger partial charge in [0.1, 0.15) is 5.60 Å². The molecule has 3 rings (SSSR count). The first kappa shape index (κ1) is 15.7. The molecule has 0 radical (unpaired) electrons. The fraction of sp³-hybridized carbons (Fsp3) is 0.412. The van der Waals surface area contributed by atoms with E-state index < -0.39 is 5.60 Å². The number of hydrogen-bond acceptors (Lipinski definition) is 5. The van der Waals surface area contributed by atoms with Crippen LogP contribution in [-0.2, 0) is 10.3 Å². The Labute approximate surface area is 134 Å². The highest BCUT2D eigenvalue weighted by Gasteiger charge is 2.39. The molecule has 6 nitrogen and oxygen atoms in total. The smallest absolute Gasteiger partial charge is 0.290 e. The van der Waals surface area contributed by atoms with Crippen molar-refractivity contribution in [3.8, 4) is 0 Å². The molecule has 0 spiro atoms. The number of nitrogens with zero attached hydrogens (tertiary/aromatic N) is 1. The lowest BCUT2D eigenvalue weighted by atomic mass is 9.77. The largest absolute Gasteiger partial charge is 0.383 e. The van der Waals surface area contributed by atoms with Crippen LogP contribution in [0.25, 0.3) is 0 Å². The van der Waals surface area contributed by atoms with Crippen LogP contribution in [0.3, 0.4) is 0 Å². The van der Waals surface area contributed by atoms with E-state index in [1.807, 2.05) is 30.3 Å². The molecule has 0 bridgehead atoms. The minimum absolute atomic E-state index is 0.0219. The van der Waals surface area contributed by atoms with Crippen molar-refractivity contribution in [3.63, 3.8) is 0 Å². The number of ether oxygens (including phenoxy) is 1. The Hall–Kier alpha value is -2.18. The van der Waals surface area contributed by atoms with Crippen LogP contribution in [0.4, 0.5) is 0 Å². The minimum Gasteiger partial charge on any atom is -0.383 e. The molecule has 1 aliphatic rings. The third-order valence-corrected chi connectivity index (χ3v) is 4.35. The van der Waals surface area contributed by atoms with Crippen LogP contribution in [0, 0.1) is 5.92 Å². The molecule has 2 N–H and O–H groups in total. The summed E-state index contributed by atoms with van der Waals surface area (Å²) >= 11 is 0. The van der Waals surface area contributed by atoms with Gasteiger partial charge in [0.25, 0.3) is 5.91 Å². The molecule has 1 saturated heterocycles. The van der Waals surface area contributed by atoms with Gasteiger partial charge in [-0.15, -0.1) is 0 Å². The standard InChI is InChI=1S/C17H20N2O4/c20-16(15-6-9-19-23-15)18-12-17(21,13-4-2-1-3-5-13)14-7-10-22-11-8-14/h1-6,9,14,21H,7-8,10-12H2,(H,18,20). The molecule has 1 amide bonds. The molecule has 1 aliphatic heterocycles. The molecule has 1 aromatic carbocycles.